The lowest BCUT2D eigenvalue weighted by Crippen LogP contribution is -2.40. The maximum atomic E-state index is 14.7. The molecule has 0 spiro atoms. The first-order chi connectivity index (χ1) is 15.3. The van der Waals surface area contributed by atoms with Gasteiger partial charge in [-0.1, -0.05) is 23.7 Å². The monoisotopic (exact) mass is 454 g/mol. The van der Waals surface area contributed by atoms with Gasteiger partial charge >= 0.3 is 0 Å². The first kappa shape index (κ1) is 21.6. The molecule has 0 saturated heterocycles. The Morgan fingerprint density at radius 3 is 2.69 bits per heavy atom. The molecule has 0 aliphatic heterocycles. The normalized spacial score (nSPS) is 14.0. The van der Waals surface area contributed by atoms with Crippen LogP contribution < -0.4 is 0 Å². The summed E-state index contributed by atoms with van der Waals surface area (Å²) in [4.78, 5) is 3.86. The molecule has 2 aromatic heterocycles. The van der Waals surface area contributed by atoms with Crippen molar-refractivity contribution in [1.29, 1.82) is 5.26 Å². The molecule has 2 aromatic carbocycles. The van der Waals surface area contributed by atoms with Crippen LogP contribution in [0.4, 0.5) is 8.78 Å². The van der Waals surface area contributed by atoms with Crippen LogP contribution in [0.3, 0.4) is 0 Å². The van der Waals surface area contributed by atoms with Gasteiger partial charge in [0.05, 0.1) is 29.4 Å². The molecule has 0 fully saturated rings. The molecule has 162 valence electrons. The lowest BCUT2D eigenvalue weighted by Gasteiger charge is -2.34. The molecule has 10 heteroatoms. The van der Waals surface area contributed by atoms with Crippen LogP contribution in [0.25, 0.3) is 11.1 Å². The zero-order valence-corrected chi connectivity index (χ0v) is 17.6. The molecule has 4 aromatic rings. The molecule has 4 rings (SSSR count). The minimum Gasteiger partial charge on any atom is -0.381 e. The van der Waals surface area contributed by atoms with Gasteiger partial charge in [0.15, 0.2) is 0 Å². The molecule has 2 heterocycles. The van der Waals surface area contributed by atoms with Crippen molar-refractivity contribution in [2.45, 2.75) is 25.1 Å². The number of rotatable bonds is 6. The molecule has 0 amide bonds. The predicted molar refractivity (Wildman–Crippen MR) is 112 cm³/mol. The standard InChI is InChI=1S/C22H17ClF2N6O/c1-14(31-10-17(9-28-31)15-2-5-20(23)16(6-15)8-26)22(32,11-30-13-27-12-29-30)19-4-3-18(24)7-21(19)25/h2-7,9-10,12-14,32H,11H2,1H3. The van der Waals surface area contributed by atoms with Crippen molar-refractivity contribution in [3.8, 4) is 17.2 Å². The summed E-state index contributed by atoms with van der Waals surface area (Å²) >= 11 is 6.01. The van der Waals surface area contributed by atoms with Crippen LogP contribution in [0, 0.1) is 23.0 Å². The molecule has 2 unspecified atom stereocenters. The molecule has 0 aliphatic carbocycles. The number of halogens is 3. The fourth-order valence-corrected chi connectivity index (χ4v) is 3.71. The molecule has 32 heavy (non-hydrogen) atoms. The zero-order valence-electron chi connectivity index (χ0n) is 16.8. The van der Waals surface area contributed by atoms with Crippen molar-refractivity contribution in [3.05, 3.63) is 89.2 Å². The van der Waals surface area contributed by atoms with Crippen LogP contribution in [-0.2, 0) is 12.1 Å². The van der Waals surface area contributed by atoms with Crippen LogP contribution in [-0.4, -0.2) is 29.7 Å². The van der Waals surface area contributed by atoms with Crippen molar-refractivity contribution in [3.63, 3.8) is 0 Å². The summed E-state index contributed by atoms with van der Waals surface area (Å²) in [5.74, 6) is -1.64. The van der Waals surface area contributed by atoms with Gasteiger partial charge in [0, 0.05) is 23.4 Å². The van der Waals surface area contributed by atoms with E-state index in [1.165, 1.54) is 28.1 Å². The first-order valence-electron chi connectivity index (χ1n) is 9.56. The van der Waals surface area contributed by atoms with E-state index >= 15 is 0 Å². The molecule has 0 bridgehead atoms. The van der Waals surface area contributed by atoms with E-state index in [0.29, 0.717) is 21.7 Å². The second-order valence-electron chi connectivity index (χ2n) is 7.33. The van der Waals surface area contributed by atoms with Gasteiger partial charge in [0.2, 0.25) is 0 Å². The van der Waals surface area contributed by atoms with Crippen LogP contribution in [0.1, 0.15) is 24.1 Å². The van der Waals surface area contributed by atoms with E-state index in [9.17, 15) is 19.1 Å². The van der Waals surface area contributed by atoms with Gasteiger partial charge < -0.3 is 5.11 Å². The van der Waals surface area contributed by atoms with Gasteiger partial charge in [-0.15, -0.1) is 0 Å². The van der Waals surface area contributed by atoms with E-state index in [2.05, 4.69) is 15.2 Å². The lowest BCUT2D eigenvalue weighted by atomic mass is 9.86. The number of nitriles is 1. The topological polar surface area (TPSA) is 92.6 Å². The van der Waals surface area contributed by atoms with Crippen molar-refractivity contribution in [2.75, 3.05) is 0 Å². The quantitative estimate of drug-likeness (QED) is 0.473. The Hall–Kier alpha value is -3.61. The number of aliphatic hydroxyl groups is 1. The van der Waals surface area contributed by atoms with E-state index in [4.69, 9.17) is 11.6 Å². The van der Waals surface area contributed by atoms with E-state index in [0.717, 1.165) is 12.1 Å². The Kier molecular flexibility index (Phi) is 5.74. The minimum absolute atomic E-state index is 0.0998. The second kappa shape index (κ2) is 8.49. The largest absolute Gasteiger partial charge is 0.381 e. The fourth-order valence-electron chi connectivity index (χ4n) is 3.55. The summed E-state index contributed by atoms with van der Waals surface area (Å²) in [6.45, 7) is 1.52. The molecule has 2 atom stereocenters. The first-order valence-corrected chi connectivity index (χ1v) is 9.94. The maximum Gasteiger partial charge on any atom is 0.137 e. The Morgan fingerprint density at radius 2 is 2.00 bits per heavy atom. The van der Waals surface area contributed by atoms with Gasteiger partial charge in [-0.25, -0.2) is 18.4 Å². The number of hydrogen-bond donors (Lipinski definition) is 1. The summed E-state index contributed by atoms with van der Waals surface area (Å²) in [6, 6.07) is 9.26. The number of aromatic nitrogens is 5. The summed E-state index contributed by atoms with van der Waals surface area (Å²) in [6.07, 6.45) is 5.93. The summed E-state index contributed by atoms with van der Waals surface area (Å²) < 4.78 is 31.1. The Bertz CT molecular complexity index is 1300. The molecule has 7 nitrogen and oxygen atoms in total. The molecule has 0 aliphatic rings. The van der Waals surface area contributed by atoms with Crippen LogP contribution in [0.5, 0.6) is 0 Å². The van der Waals surface area contributed by atoms with Crippen molar-refractivity contribution < 1.29 is 13.9 Å². The van der Waals surface area contributed by atoms with Gasteiger partial charge in [-0.2, -0.15) is 15.5 Å². The smallest absolute Gasteiger partial charge is 0.137 e. The van der Waals surface area contributed by atoms with Crippen LogP contribution >= 0.6 is 11.6 Å². The summed E-state index contributed by atoms with van der Waals surface area (Å²) in [7, 11) is 0. The summed E-state index contributed by atoms with van der Waals surface area (Å²) in [5.41, 5.74) is -0.241. The van der Waals surface area contributed by atoms with Crippen molar-refractivity contribution in [2.24, 2.45) is 0 Å². The van der Waals surface area contributed by atoms with E-state index in [-0.39, 0.29) is 12.1 Å². The highest BCUT2D eigenvalue weighted by molar-refractivity contribution is 6.31. The Labute approximate surface area is 187 Å². The van der Waals surface area contributed by atoms with Gasteiger partial charge in [-0.3, -0.25) is 4.68 Å². The van der Waals surface area contributed by atoms with E-state index in [1.54, 1.807) is 37.5 Å². The van der Waals surface area contributed by atoms with Crippen molar-refractivity contribution >= 4 is 11.6 Å². The molecule has 0 saturated carbocycles. The van der Waals surface area contributed by atoms with Crippen LogP contribution in [0.2, 0.25) is 5.02 Å². The SMILES string of the molecule is CC(n1cc(-c2ccc(Cl)c(C#N)c2)cn1)C(O)(Cn1cncn1)c1ccc(F)cc1F. The number of benzene rings is 2. The third-order valence-corrected chi connectivity index (χ3v) is 5.71. The summed E-state index contributed by atoms with van der Waals surface area (Å²) in [5, 5.41) is 29.6. The third kappa shape index (κ3) is 3.98. The maximum absolute atomic E-state index is 14.7. The number of hydrogen-bond acceptors (Lipinski definition) is 5. The van der Waals surface area contributed by atoms with Crippen LogP contribution in [0.15, 0.2) is 61.4 Å². The Morgan fingerprint density at radius 1 is 1.19 bits per heavy atom. The highest BCUT2D eigenvalue weighted by atomic mass is 35.5. The van der Waals surface area contributed by atoms with Gasteiger partial charge in [0.25, 0.3) is 0 Å². The predicted octanol–water partition coefficient (Wildman–Crippen LogP) is 4.09. The van der Waals surface area contributed by atoms with Gasteiger partial charge in [-0.05, 0) is 30.7 Å². The number of nitrogens with zero attached hydrogens (tertiary/aromatic N) is 6. The highest BCUT2D eigenvalue weighted by Gasteiger charge is 2.40. The molecular weight excluding hydrogens is 438 g/mol. The molecule has 1 N–H and O–H groups in total. The average molecular weight is 455 g/mol. The fraction of sp³-hybridized carbons (Fsp3) is 0.182. The average Bonchev–Trinajstić information content (AvgIpc) is 3.45. The van der Waals surface area contributed by atoms with E-state index in [1.807, 2.05) is 6.07 Å². The minimum atomic E-state index is -1.84. The highest BCUT2D eigenvalue weighted by Crippen LogP contribution is 2.37. The van der Waals surface area contributed by atoms with Gasteiger partial charge in [0.1, 0.15) is 36.0 Å². The Balaban J connectivity index is 1.75. The molecule has 0 radical (unpaired) electrons. The third-order valence-electron chi connectivity index (χ3n) is 5.38. The van der Waals surface area contributed by atoms with E-state index < -0.39 is 23.3 Å². The molecular formula is C22H17ClF2N6O. The second-order valence-corrected chi connectivity index (χ2v) is 7.74. The lowest BCUT2D eigenvalue weighted by molar-refractivity contribution is -0.0368. The van der Waals surface area contributed by atoms with Crippen molar-refractivity contribution in [1.82, 2.24) is 24.5 Å². The zero-order chi connectivity index (χ0) is 22.9.